The predicted molar refractivity (Wildman–Crippen MR) is 92.8 cm³/mol. The van der Waals surface area contributed by atoms with Gasteiger partial charge in [0.2, 0.25) is 0 Å². The maximum absolute atomic E-state index is 9.34. The van der Waals surface area contributed by atoms with Gasteiger partial charge in [0, 0.05) is 5.75 Å². The second-order valence-corrected chi connectivity index (χ2v) is 6.31. The minimum atomic E-state index is 0.425. The van der Waals surface area contributed by atoms with Gasteiger partial charge in [-0.05, 0) is 23.8 Å². The molecule has 0 bridgehead atoms. The molecule has 0 aliphatic rings. The van der Waals surface area contributed by atoms with Crippen LogP contribution in [0.4, 0.5) is 0 Å². The molecule has 0 amide bonds. The molecule has 4 nitrogen and oxygen atoms in total. The number of nitrogens with one attached hydrogen (secondary N) is 2. The molecule has 3 rings (SSSR count). The maximum Gasteiger partial charge on any atom is 0.177 e. The van der Waals surface area contributed by atoms with Crippen molar-refractivity contribution in [2.24, 2.45) is 0 Å². The molecular weight excluding hydrogens is 332 g/mol. The van der Waals surface area contributed by atoms with Crippen LogP contribution in [0, 0.1) is 20.7 Å². The van der Waals surface area contributed by atoms with Gasteiger partial charge in [-0.15, -0.1) is 11.8 Å². The summed E-state index contributed by atoms with van der Waals surface area (Å²) in [4.78, 5) is 10.4. The third kappa shape index (κ3) is 3.09. The van der Waals surface area contributed by atoms with Crippen LogP contribution in [0.1, 0.15) is 11.1 Å². The molecular formula is C15H10N4S3. The first kappa shape index (κ1) is 14.9. The lowest BCUT2D eigenvalue weighted by atomic mass is 10.2. The minimum Gasteiger partial charge on any atom is -0.323 e. The molecule has 1 aromatic carbocycles. The van der Waals surface area contributed by atoms with E-state index in [1.807, 2.05) is 30.3 Å². The summed E-state index contributed by atoms with van der Waals surface area (Å²) in [5.41, 5.74) is 2.29. The number of aromatic nitrogens is 3. The Hall–Kier alpha value is -2.01. The van der Waals surface area contributed by atoms with Crippen molar-refractivity contribution in [2.75, 3.05) is 0 Å². The van der Waals surface area contributed by atoms with Gasteiger partial charge in [-0.3, -0.25) is 0 Å². The molecule has 2 N–H and O–H groups in total. The molecule has 2 aromatic heterocycles. The molecule has 0 atom stereocenters. The fraction of sp³-hybridized carbons (Fsp3) is 0.0667. The van der Waals surface area contributed by atoms with Crippen molar-refractivity contribution in [3.63, 3.8) is 0 Å². The van der Waals surface area contributed by atoms with Crippen molar-refractivity contribution in [1.29, 1.82) is 5.26 Å². The zero-order chi connectivity index (χ0) is 15.5. The Kier molecular flexibility index (Phi) is 4.34. The van der Waals surface area contributed by atoms with Gasteiger partial charge in [0.05, 0.1) is 10.9 Å². The first-order valence-electron chi connectivity index (χ1n) is 6.41. The summed E-state index contributed by atoms with van der Waals surface area (Å²) >= 11 is 11.8. The summed E-state index contributed by atoms with van der Waals surface area (Å²) in [7, 11) is 0. The van der Waals surface area contributed by atoms with Crippen LogP contribution in [0.15, 0.2) is 41.4 Å². The number of nitrogens with zero attached hydrogens (tertiary/aromatic N) is 2. The van der Waals surface area contributed by atoms with Crippen LogP contribution in [0.2, 0.25) is 0 Å². The van der Waals surface area contributed by atoms with E-state index < -0.39 is 0 Å². The quantitative estimate of drug-likeness (QED) is 0.541. The molecule has 7 heteroatoms. The summed E-state index contributed by atoms with van der Waals surface area (Å²) in [6.07, 6.45) is 0. The van der Waals surface area contributed by atoms with E-state index in [2.05, 4.69) is 21.0 Å². The van der Waals surface area contributed by atoms with Crippen LogP contribution in [-0.2, 0) is 5.75 Å². The van der Waals surface area contributed by atoms with Gasteiger partial charge in [0.25, 0.3) is 0 Å². The van der Waals surface area contributed by atoms with Crippen molar-refractivity contribution in [1.82, 2.24) is 15.0 Å². The van der Waals surface area contributed by atoms with Crippen LogP contribution in [0.5, 0.6) is 0 Å². The summed E-state index contributed by atoms with van der Waals surface area (Å²) < 4.78 is 0.913. The number of rotatable bonds is 3. The fourth-order valence-corrected chi connectivity index (χ4v) is 3.42. The van der Waals surface area contributed by atoms with Crippen molar-refractivity contribution < 1.29 is 0 Å². The summed E-state index contributed by atoms with van der Waals surface area (Å²) in [6, 6.07) is 14.0. The maximum atomic E-state index is 9.34. The lowest BCUT2D eigenvalue weighted by Gasteiger charge is -2.06. The number of aromatic amines is 2. The molecule has 0 unspecified atom stereocenters. The van der Waals surface area contributed by atoms with Crippen molar-refractivity contribution in [2.45, 2.75) is 10.8 Å². The second-order valence-electron chi connectivity index (χ2n) is 4.53. The number of benzene rings is 1. The molecule has 2 heterocycles. The van der Waals surface area contributed by atoms with E-state index in [-0.39, 0.29) is 0 Å². The highest BCUT2D eigenvalue weighted by Gasteiger charge is 2.09. The molecule has 0 radical (unpaired) electrons. The van der Waals surface area contributed by atoms with E-state index in [1.54, 1.807) is 6.07 Å². The van der Waals surface area contributed by atoms with Crippen LogP contribution in [0.3, 0.4) is 0 Å². The first-order chi connectivity index (χ1) is 10.7. The Labute approximate surface area is 141 Å². The molecule has 22 heavy (non-hydrogen) atoms. The normalized spacial score (nSPS) is 10.5. The molecule has 0 saturated carbocycles. The highest BCUT2D eigenvalue weighted by Crippen LogP contribution is 2.26. The van der Waals surface area contributed by atoms with E-state index in [0.29, 0.717) is 31.0 Å². The zero-order valence-corrected chi connectivity index (χ0v) is 13.7. The van der Waals surface area contributed by atoms with Crippen LogP contribution >= 0.6 is 36.2 Å². The second kappa shape index (κ2) is 6.40. The van der Waals surface area contributed by atoms with Crippen molar-refractivity contribution >= 4 is 47.2 Å². The highest BCUT2D eigenvalue weighted by molar-refractivity contribution is 7.98. The van der Waals surface area contributed by atoms with E-state index >= 15 is 0 Å². The monoisotopic (exact) mass is 342 g/mol. The van der Waals surface area contributed by atoms with E-state index in [0.717, 1.165) is 5.75 Å². The summed E-state index contributed by atoms with van der Waals surface area (Å²) in [6.45, 7) is 0. The Bertz CT molecular complexity index is 984. The SMILES string of the molecule is N#Cc1cc2c(=S)[nH]c(=S)[nH]c2nc1SCc1ccccc1. The Morgan fingerprint density at radius 1 is 1.18 bits per heavy atom. The van der Waals surface area contributed by atoms with Gasteiger partial charge in [-0.2, -0.15) is 5.26 Å². The number of H-pyrrole nitrogens is 2. The van der Waals surface area contributed by atoms with Gasteiger partial charge < -0.3 is 9.97 Å². The third-order valence-corrected chi connectivity index (χ3v) is 4.62. The summed E-state index contributed by atoms with van der Waals surface area (Å²) in [5.74, 6) is 0.744. The topological polar surface area (TPSA) is 68.3 Å². The standard InChI is InChI=1S/C15H10N4S3/c16-7-10-6-11-12(18-15(21)19-13(11)20)17-14(10)22-8-9-4-2-1-3-5-9/h1-6H,8H2,(H2,17,18,19,20,21). The highest BCUT2D eigenvalue weighted by atomic mass is 32.2. The average Bonchev–Trinajstić information content (AvgIpc) is 2.53. The lowest BCUT2D eigenvalue weighted by Crippen LogP contribution is -1.95. The van der Waals surface area contributed by atoms with Gasteiger partial charge in [-0.1, -0.05) is 42.5 Å². The average molecular weight is 342 g/mol. The van der Waals surface area contributed by atoms with Crippen molar-refractivity contribution in [3.05, 3.63) is 56.9 Å². The predicted octanol–water partition coefficient (Wildman–Crippen LogP) is 4.51. The smallest absolute Gasteiger partial charge is 0.177 e. The summed E-state index contributed by atoms with van der Waals surface area (Å²) in [5, 5.41) is 10.7. The van der Waals surface area contributed by atoms with Crippen LogP contribution in [-0.4, -0.2) is 15.0 Å². The van der Waals surface area contributed by atoms with Crippen molar-refractivity contribution in [3.8, 4) is 6.07 Å². The lowest BCUT2D eigenvalue weighted by molar-refractivity contribution is 1.08. The molecule has 108 valence electrons. The molecule has 0 aliphatic heterocycles. The number of fused-ring (bicyclic) bond motifs is 1. The number of thioether (sulfide) groups is 1. The number of pyridine rings is 1. The van der Waals surface area contributed by atoms with Crippen LogP contribution < -0.4 is 0 Å². The molecule has 0 fully saturated rings. The van der Waals surface area contributed by atoms with Gasteiger partial charge in [0.1, 0.15) is 21.4 Å². The van der Waals surface area contributed by atoms with Crippen LogP contribution in [0.25, 0.3) is 11.0 Å². The van der Waals surface area contributed by atoms with E-state index in [9.17, 15) is 5.26 Å². The largest absolute Gasteiger partial charge is 0.323 e. The Balaban J connectivity index is 2.03. The number of hydrogen-bond donors (Lipinski definition) is 2. The number of hydrogen-bond acceptors (Lipinski definition) is 5. The molecule has 3 aromatic rings. The Morgan fingerprint density at radius 3 is 2.68 bits per heavy atom. The third-order valence-electron chi connectivity index (χ3n) is 3.03. The van der Waals surface area contributed by atoms with E-state index in [1.165, 1.54) is 17.3 Å². The Morgan fingerprint density at radius 2 is 1.95 bits per heavy atom. The van der Waals surface area contributed by atoms with Gasteiger partial charge in [-0.25, -0.2) is 4.98 Å². The molecule has 0 spiro atoms. The number of nitriles is 1. The van der Waals surface area contributed by atoms with Gasteiger partial charge >= 0.3 is 0 Å². The molecule has 0 saturated heterocycles. The molecule has 0 aliphatic carbocycles. The fourth-order valence-electron chi connectivity index (χ4n) is 1.99. The first-order valence-corrected chi connectivity index (χ1v) is 8.22. The van der Waals surface area contributed by atoms with E-state index in [4.69, 9.17) is 24.4 Å². The van der Waals surface area contributed by atoms with Gasteiger partial charge in [0.15, 0.2) is 4.77 Å². The zero-order valence-electron chi connectivity index (χ0n) is 11.3. The minimum absolute atomic E-state index is 0.425.